The van der Waals surface area contributed by atoms with E-state index in [0.717, 1.165) is 12.8 Å². The van der Waals surface area contributed by atoms with Crippen LogP contribution in [0.25, 0.3) is 0 Å². The Kier molecular flexibility index (Phi) is 5.26. The fraction of sp³-hybridized carbons (Fsp3) is 0.571. The molecule has 0 saturated heterocycles. The van der Waals surface area contributed by atoms with Gasteiger partial charge in [-0.1, -0.05) is 13.3 Å². The van der Waals surface area contributed by atoms with Gasteiger partial charge in [0.05, 0.1) is 6.61 Å². The van der Waals surface area contributed by atoms with Crippen LogP contribution in [0.1, 0.15) is 19.8 Å². The molecule has 0 atom stereocenters. The first kappa shape index (κ1) is 8.83. The number of unbranched alkanes of at least 4 members (excludes halogenated alkanes) is 1. The SMILES string of the molecule is CCCCOC(=O)C#CN. The Bertz CT molecular complexity index is 155. The number of ether oxygens (including phenoxy) is 1. The molecule has 3 nitrogen and oxygen atoms in total. The van der Waals surface area contributed by atoms with Crippen LogP contribution in [0, 0.1) is 12.0 Å². The molecule has 0 aromatic carbocycles. The second-order valence-electron chi connectivity index (χ2n) is 1.76. The van der Waals surface area contributed by atoms with Crippen molar-refractivity contribution in [2.24, 2.45) is 5.73 Å². The van der Waals surface area contributed by atoms with Gasteiger partial charge in [0, 0.05) is 12.0 Å². The van der Waals surface area contributed by atoms with Crippen LogP contribution in [0.15, 0.2) is 0 Å². The van der Waals surface area contributed by atoms with Crippen molar-refractivity contribution >= 4 is 5.97 Å². The van der Waals surface area contributed by atoms with Crippen molar-refractivity contribution in [3.05, 3.63) is 0 Å². The van der Waals surface area contributed by atoms with E-state index >= 15 is 0 Å². The van der Waals surface area contributed by atoms with Crippen molar-refractivity contribution in [1.29, 1.82) is 0 Å². The molecular formula is C7H11NO2. The lowest BCUT2D eigenvalue weighted by atomic mass is 10.4. The molecule has 3 heteroatoms. The van der Waals surface area contributed by atoms with Gasteiger partial charge in [-0.05, 0) is 6.42 Å². The summed E-state index contributed by atoms with van der Waals surface area (Å²) < 4.78 is 4.63. The Hall–Kier alpha value is -1.17. The van der Waals surface area contributed by atoms with E-state index in [-0.39, 0.29) is 0 Å². The fourth-order valence-electron chi connectivity index (χ4n) is 0.404. The van der Waals surface area contributed by atoms with Gasteiger partial charge >= 0.3 is 5.97 Å². The fourth-order valence-corrected chi connectivity index (χ4v) is 0.404. The van der Waals surface area contributed by atoms with Crippen molar-refractivity contribution in [2.45, 2.75) is 19.8 Å². The molecule has 0 heterocycles. The van der Waals surface area contributed by atoms with Gasteiger partial charge in [-0.2, -0.15) is 0 Å². The number of nitrogens with two attached hydrogens (primary N) is 1. The average molecular weight is 141 g/mol. The molecule has 0 spiro atoms. The molecular weight excluding hydrogens is 130 g/mol. The number of hydrogen-bond donors (Lipinski definition) is 1. The molecule has 0 rings (SSSR count). The molecule has 0 aliphatic rings. The molecule has 0 aromatic heterocycles. The van der Waals surface area contributed by atoms with Gasteiger partial charge in [0.1, 0.15) is 0 Å². The molecule has 2 N–H and O–H groups in total. The van der Waals surface area contributed by atoms with Crippen LogP contribution in [0.4, 0.5) is 0 Å². The van der Waals surface area contributed by atoms with Gasteiger partial charge < -0.3 is 10.5 Å². The van der Waals surface area contributed by atoms with Crippen molar-refractivity contribution in [2.75, 3.05) is 6.61 Å². The predicted octanol–water partition coefficient (Wildman–Crippen LogP) is 0.249. The minimum absolute atomic E-state index is 0.435. The topological polar surface area (TPSA) is 52.3 Å². The summed E-state index contributed by atoms with van der Waals surface area (Å²) in [4.78, 5) is 10.4. The van der Waals surface area contributed by atoms with E-state index in [4.69, 9.17) is 5.73 Å². The summed E-state index contributed by atoms with van der Waals surface area (Å²) in [6, 6.07) is 1.97. The highest BCUT2D eigenvalue weighted by atomic mass is 16.5. The molecule has 56 valence electrons. The normalized spacial score (nSPS) is 7.70. The Balaban J connectivity index is 3.28. The van der Waals surface area contributed by atoms with Gasteiger partial charge in [-0.25, -0.2) is 4.79 Å². The molecule has 0 aliphatic carbocycles. The molecule has 0 aliphatic heterocycles. The van der Waals surface area contributed by atoms with Gasteiger partial charge in [0.15, 0.2) is 0 Å². The maximum Gasteiger partial charge on any atom is 0.386 e. The van der Waals surface area contributed by atoms with E-state index in [1.54, 1.807) is 0 Å². The summed E-state index contributed by atoms with van der Waals surface area (Å²) in [7, 11) is 0. The molecule has 0 aromatic rings. The summed E-state index contributed by atoms with van der Waals surface area (Å²) >= 11 is 0. The molecule has 0 bridgehead atoms. The molecule has 10 heavy (non-hydrogen) atoms. The Morgan fingerprint density at radius 2 is 2.40 bits per heavy atom. The van der Waals surface area contributed by atoms with Crippen LogP contribution in [0.5, 0.6) is 0 Å². The lowest BCUT2D eigenvalue weighted by molar-refractivity contribution is -0.136. The summed E-state index contributed by atoms with van der Waals surface area (Å²) in [5.74, 6) is 1.53. The maximum atomic E-state index is 10.4. The van der Waals surface area contributed by atoms with Crippen molar-refractivity contribution in [3.63, 3.8) is 0 Å². The molecule has 0 amide bonds. The summed E-state index contributed by atoms with van der Waals surface area (Å²) in [6.07, 6.45) is 1.88. The third kappa shape index (κ3) is 4.98. The number of rotatable bonds is 3. The molecule has 0 fully saturated rings. The summed E-state index contributed by atoms with van der Waals surface area (Å²) in [6.45, 7) is 2.45. The Morgan fingerprint density at radius 1 is 1.70 bits per heavy atom. The Labute approximate surface area is 60.5 Å². The van der Waals surface area contributed by atoms with Crippen molar-refractivity contribution < 1.29 is 9.53 Å². The average Bonchev–Trinajstić information content (AvgIpc) is 1.89. The van der Waals surface area contributed by atoms with Crippen LogP contribution in [0.2, 0.25) is 0 Å². The van der Waals surface area contributed by atoms with Crippen LogP contribution in [-0.4, -0.2) is 12.6 Å². The van der Waals surface area contributed by atoms with Crippen LogP contribution >= 0.6 is 0 Å². The third-order valence-corrected chi connectivity index (χ3v) is 0.905. The van der Waals surface area contributed by atoms with E-state index < -0.39 is 5.97 Å². The number of hydrogen-bond acceptors (Lipinski definition) is 3. The number of carbonyl (C=O) groups excluding carboxylic acids is 1. The zero-order valence-corrected chi connectivity index (χ0v) is 6.02. The van der Waals surface area contributed by atoms with Crippen molar-refractivity contribution in [3.8, 4) is 12.0 Å². The highest BCUT2D eigenvalue weighted by Gasteiger charge is 1.93. The van der Waals surface area contributed by atoms with Gasteiger partial charge in [0.2, 0.25) is 0 Å². The standard InChI is InChI=1S/C7H11NO2/c1-2-3-6-10-7(9)4-5-8/h2-3,6,8H2,1H3. The molecule has 0 unspecified atom stereocenters. The molecule has 0 saturated carbocycles. The first-order chi connectivity index (χ1) is 4.81. The Morgan fingerprint density at radius 3 is 2.90 bits per heavy atom. The van der Waals surface area contributed by atoms with E-state index in [9.17, 15) is 4.79 Å². The third-order valence-electron chi connectivity index (χ3n) is 0.905. The van der Waals surface area contributed by atoms with Gasteiger partial charge in [0.25, 0.3) is 0 Å². The van der Waals surface area contributed by atoms with Crippen LogP contribution in [-0.2, 0) is 9.53 Å². The minimum atomic E-state index is -0.545. The summed E-state index contributed by atoms with van der Waals surface area (Å²) in [5, 5.41) is 0. The van der Waals surface area contributed by atoms with Crippen LogP contribution < -0.4 is 5.73 Å². The van der Waals surface area contributed by atoms with Crippen molar-refractivity contribution in [1.82, 2.24) is 0 Å². The van der Waals surface area contributed by atoms with Gasteiger partial charge in [-0.15, -0.1) is 0 Å². The second-order valence-corrected chi connectivity index (χ2v) is 1.76. The highest BCUT2D eigenvalue weighted by Crippen LogP contribution is 1.87. The van der Waals surface area contributed by atoms with Gasteiger partial charge in [-0.3, -0.25) is 0 Å². The zero-order chi connectivity index (χ0) is 7.82. The summed E-state index contributed by atoms with van der Waals surface area (Å²) in [5.41, 5.74) is 4.77. The van der Waals surface area contributed by atoms with E-state index in [1.165, 1.54) is 0 Å². The van der Waals surface area contributed by atoms with E-state index in [1.807, 2.05) is 13.0 Å². The first-order valence-electron chi connectivity index (χ1n) is 3.19. The largest absolute Gasteiger partial charge is 0.456 e. The number of esters is 1. The number of carbonyl (C=O) groups is 1. The monoisotopic (exact) mass is 141 g/mol. The predicted molar refractivity (Wildman–Crippen MR) is 37.8 cm³/mol. The van der Waals surface area contributed by atoms with Crippen LogP contribution in [0.3, 0.4) is 0 Å². The molecule has 0 radical (unpaired) electrons. The minimum Gasteiger partial charge on any atom is -0.456 e. The smallest absolute Gasteiger partial charge is 0.386 e. The maximum absolute atomic E-state index is 10.4. The highest BCUT2D eigenvalue weighted by molar-refractivity contribution is 5.88. The van der Waals surface area contributed by atoms with E-state index in [0.29, 0.717) is 6.61 Å². The quantitative estimate of drug-likeness (QED) is 0.265. The second kappa shape index (κ2) is 5.96. The zero-order valence-electron chi connectivity index (χ0n) is 6.02. The first-order valence-corrected chi connectivity index (χ1v) is 3.19. The van der Waals surface area contributed by atoms with E-state index in [2.05, 4.69) is 10.7 Å². The lowest BCUT2D eigenvalue weighted by Crippen LogP contribution is -2.02. The lowest BCUT2D eigenvalue weighted by Gasteiger charge is -1.95.